The molecule has 0 atom stereocenters. The lowest BCUT2D eigenvalue weighted by atomic mass is 10.2. The van der Waals surface area contributed by atoms with Gasteiger partial charge in [0.15, 0.2) is 5.16 Å². The standard InChI is InChI=1S/C14H10N2O3S2/c17-11-10-9(13(18)19)7-20-12(10)16-14(15-11)21-6-8-4-2-1-3-5-8/h1-5,7H,6H2,(H,18,19)(H,15,16,17). The smallest absolute Gasteiger partial charge is 0.337 e. The predicted octanol–water partition coefficient (Wildman–Crippen LogP) is 2.98. The minimum atomic E-state index is -1.11. The van der Waals surface area contributed by atoms with E-state index in [0.717, 1.165) is 5.56 Å². The van der Waals surface area contributed by atoms with E-state index in [1.807, 2.05) is 30.3 Å². The van der Waals surface area contributed by atoms with Crippen LogP contribution in [0.2, 0.25) is 0 Å². The summed E-state index contributed by atoms with van der Waals surface area (Å²) in [5, 5.41) is 11.1. The first-order valence-corrected chi connectivity index (χ1v) is 7.93. The summed E-state index contributed by atoms with van der Waals surface area (Å²) < 4.78 is 0. The second-order valence-corrected chi connectivity index (χ2v) is 6.10. The highest BCUT2D eigenvalue weighted by Gasteiger charge is 2.16. The summed E-state index contributed by atoms with van der Waals surface area (Å²) in [7, 11) is 0. The molecule has 0 amide bonds. The second-order valence-electron chi connectivity index (χ2n) is 4.28. The molecule has 3 rings (SSSR count). The van der Waals surface area contributed by atoms with Crippen LogP contribution in [0.25, 0.3) is 10.2 Å². The molecule has 106 valence electrons. The summed E-state index contributed by atoms with van der Waals surface area (Å²) in [6.45, 7) is 0. The Morgan fingerprint density at radius 3 is 2.81 bits per heavy atom. The number of rotatable bonds is 4. The third-order valence-electron chi connectivity index (χ3n) is 2.87. The Balaban J connectivity index is 1.91. The van der Waals surface area contributed by atoms with Crippen LogP contribution in [0, 0.1) is 0 Å². The first kappa shape index (κ1) is 13.8. The van der Waals surface area contributed by atoms with Crippen LogP contribution in [0.3, 0.4) is 0 Å². The lowest BCUT2D eigenvalue weighted by molar-refractivity contribution is 0.0699. The van der Waals surface area contributed by atoms with Gasteiger partial charge in [0.25, 0.3) is 5.56 Å². The zero-order valence-electron chi connectivity index (χ0n) is 10.7. The molecule has 0 aliphatic heterocycles. The lowest BCUT2D eigenvalue weighted by Gasteiger charge is -2.01. The maximum absolute atomic E-state index is 12.0. The zero-order chi connectivity index (χ0) is 14.8. The highest BCUT2D eigenvalue weighted by molar-refractivity contribution is 7.98. The van der Waals surface area contributed by atoms with Gasteiger partial charge in [0.05, 0.1) is 10.9 Å². The molecule has 0 radical (unpaired) electrons. The van der Waals surface area contributed by atoms with Crippen LogP contribution in [-0.2, 0) is 5.75 Å². The molecule has 0 saturated carbocycles. The zero-order valence-corrected chi connectivity index (χ0v) is 12.3. The van der Waals surface area contributed by atoms with E-state index in [0.29, 0.717) is 15.7 Å². The monoisotopic (exact) mass is 318 g/mol. The Bertz CT molecular complexity index is 856. The number of benzene rings is 1. The fourth-order valence-corrected chi connectivity index (χ4v) is 3.67. The van der Waals surface area contributed by atoms with Crippen molar-refractivity contribution in [1.29, 1.82) is 0 Å². The highest BCUT2D eigenvalue weighted by Crippen LogP contribution is 2.24. The molecule has 2 N–H and O–H groups in total. The van der Waals surface area contributed by atoms with Crippen molar-refractivity contribution in [3.05, 3.63) is 57.2 Å². The summed E-state index contributed by atoms with van der Waals surface area (Å²) >= 11 is 2.58. The van der Waals surface area contributed by atoms with Crippen molar-refractivity contribution >= 4 is 39.3 Å². The largest absolute Gasteiger partial charge is 0.478 e. The van der Waals surface area contributed by atoms with Gasteiger partial charge in [-0.25, -0.2) is 9.78 Å². The third kappa shape index (κ3) is 2.84. The van der Waals surface area contributed by atoms with Gasteiger partial charge < -0.3 is 10.1 Å². The molecule has 5 nitrogen and oxygen atoms in total. The van der Waals surface area contributed by atoms with Gasteiger partial charge in [0.1, 0.15) is 4.83 Å². The molecule has 2 aromatic heterocycles. The minimum absolute atomic E-state index is 0.00311. The maximum atomic E-state index is 12.0. The third-order valence-corrected chi connectivity index (χ3v) is 4.69. The summed E-state index contributed by atoms with van der Waals surface area (Å²) in [5.74, 6) is -0.426. The number of carboxylic acids is 1. The lowest BCUT2D eigenvalue weighted by Crippen LogP contribution is -2.11. The van der Waals surface area contributed by atoms with Crippen molar-refractivity contribution < 1.29 is 9.90 Å². The van der Waals surface area contributed by atoms with Gasteiger partial charge in [-0.1, -0.05) is 42.1 Å². The van der Waals surface area contributed by atoms with Gasteiger partial charge in [-0.15, -0.1) is 11.3 Å². The van der Waals surface area contributed by atoms with E-state index < -0.39 is 11.5 Å². The Morgan fingerprint density at radius 2 is 2.10 bits per heavy atom. The molecule has 0 saturated heterocycles. The summed E-state index contributed by atoms with van der Waals surface area (Å²) in [6, 6.07) is 9.84. The average molecular weight is 318 g/mol. The van der Waals surface area contributed by atoms with Gasteiger partial charge in [-0.05, 0) is 5.56 Å². The van der Waals surface area contributed by atoms with Crippen LogP contribution >= 0.6 is 23.1 Å². The fraction of sp³-hybridized carbons (Fsp3) is 0.0714. The first-order valence-electron chi connectivity index (χ1n) is 6.06. The van der Waals surface area contributed by atoms with Gasteiger partial charge in [0.2, 0.25) is 0 Å². The van der Waals surface area contributed by atoms with Crippen LogP contribution in [0.5, 0.6) is 0 Å². The molecule has 0 fully saturated rings. The maximum Gasteiger partial charge on any atom is 0.337 e. The Morgan fingerprint density at radius 1 is 1.33 bits per heavy atom. The number of H-pyrrole nitrogens is 1. The van der Waals surface area contributed by atoms with Crippen LogP contribution < -0.4 is 5.56 Å². The molecule has 0 spiro atoms. The van der Waals surface area contributed by atoms with Gasteiger partial charge in [-0.3, -0.25) is 4.79 Å². The number of aromatic carboxylic acids is 1. The molecule has 0 aliphatic carbocycles. The molecule has 21 heavy (non-hydrogen) atoms. The van der Waals surface area contributed by atoms with Crippen molar-refractivity contribution in [2.24, 2.45) is 0 Å². The number of carboxylic acid groups (broad SMARTS) is 1. The summed E-state index contributed by atoms with van der Waals surface area (Å²) in [6.07, 6.45) is 0. The van der Waals surface area contributed by atoms with Crippen molar-refractivity contribution in [2.75, 3.05) is 0 Å². The Kier molecular flexibility index (Phi) is 3.76. The van der Waals surface area contributed by atoms with E-state index in [2.05, 4.69) is 9.97 Å². The summed E-state index contributed by atoms with van der Waals surface area (Å²) in [4.78, 5) is 30.5. The topological polar surface area (TPSA) is 83.0 Å². The van der Waals surface area contributed by atoms with Crippen LogP contribution in [0.4, 0.5) is 0 Å². The molecule has 1 aromatic carbocycles. The number of hydrogen-bond donors (Lipinski definition) is 2. The molecule has 7 heteroatoms. The van der Waals surface area contributed by atoms with E-state index >= 15 is 0 Å². The number of nitrogens with zero attached hydrogens (tertiary/aromatic N) is 1. The first-order chi connectivity index (χ1) is 10.1. The average Bonchev–Trinajstić information content (AvgIpc) is 2.91. The molecule has 3 aromatic rings. The van der Waals surface area contributed by atoms with E-state index in [1.165, 1.54) is 28.5 Å². The number of hydrogen-bond acceptors (Lipinski definition) is 5. The van der Waals surface area contributed by atoms with Crippen molar-refractivity contribution in [1.82, 2.24) is 9.97 Å². The molecular formula is C14H10N2O3S2. The number of fused-ring (bicyclic) bond motifs is 1. The molecular weight excluding hydrogens is 308 g/mol. The Hall–Kier alpha value is -2.12. The van der Waals surface area contributed by atoms with Crippen molar-refractivity contribution in [3.8, 4) is 0 Å². The van der Waals surface area contributed by atoms with Gasteiger partial charge in [0, 0.05) is 11.1 Å². The fourth-order valence-electron chi connectivity index (χ4n) is 1.88. The van der Waals surface area contributed by atoms with Crippen molar-refractivity contribution in [2.45, 2.75) is 10.9 Å². The predicted molar refractivity (Wildman–Crippen MR) is 83.2 cm³/mol. The summed E-state index contributed by atoms with van der Waals surface area (Å²) in [5.41, 5.74) is 0.722. The van der Waals surface area contributed by atoms with E-state index in [9.17, 15) is 9.59 Å². The normalized spacial score (nSPS) is 10.9. The van der Waals surface area contributed by atoms with Crippen molar-refractivity contribution in [3.63, 3.8) is 0 Å². The number of thiophene rings is 1. The van der Waals surface area contributed by atoms with E-state index in [4.69, 9.17) is 5.11 Å². The van der Waals surface area contributed by atoms with Crippen LogP contribution in [0.1, 0.15) is 15.9 Å². The second kappa shape index (κ2) is 5.71. The molecule has 2 heterocycles. The number of aromatic amines is 1. The van der Waals surface area contributed by atoms with Crippen LogP contribution in [-0.4, -0.2) is 21.0 Å². The molecule has 0 bridgehead atoms. The number of aromatic nitrogens is 2. The van der Waals surface area contributed by atoms with Crippen LogP contribution in [0.15, 0.2) is 45.7 Å². The number of carbonyl (C=O) groups is 1. The molecule has 0 unspecified atom stereocenters. The number of nitrogens with one attached hydrogen (secondary N) is 1. The number of thioether (sulfide) groups is 1. The van der Waals surface area contributed by atoms with Gasteiger partial charge in [-0.2, -0.15) is 0 Å². The Labute approximate surface area is 127 Å². The molecule has 0 aliphatic rings. The SMILES string of the molecule is O=C(O)c1csc2nc(SCc3ccccc3)[nH]c(=O)c12. The van der Waals surface area contributed by atoms with Gasteiger partial charge >= 0.3 is 5.97 Å². The van der Waals surface area contributed by atoms with E-state index in [1.54, 1.807) is 0 Å². The van der Waals surface area contributed by atoms with E-state index in [-0.39, 0.29) is 10.9 Å². The minimum Gasteiger partial charge on any atom is -0.478 e. The quantitative estimate of drug-likeness (QED) is 0.571. The highest BCUT2D eigenvalue weighted by atomic mass is 32.2.